The summed E-state index contributed by atoms with van der Waals surface area (Å²) >= 11 is 0. The van der Waals surface area contributed by atoms with Crippen LogP contribution in [0.15, 0.2) is 82.7 Å². The van der Waals surface area contributed by atoms with Crippen LogP contribution < -0.4 is 10.3 Å². The normalized spacial score (nSPS) is 14.9. The van der Waals surface area contributed by atoms with Crippen LogP contribution in [0.4, 0.5) is 0 Å². The van der Waals surface area contributed by atoms with Crippen LogP contribution >= 0.6 is 0 Å². The van der Waals surface area contributed by atoms with Gasteiger partial charge in [-0.05, 0) is 42.3 Å². The Morgan fingerprint density at radius 2 is 1.82 bits per heavy atom. The van der Waals surface area contributed by atoms with Gasteiger partial charge in [-0.25, -0.2) is 5.01 Å². The minimum Gasteiger partial charge on any atom is -0.497 e. The number of rotatable bonds is 7. The van der Waals surface area contributed by atoms with Crippen LogP contribution in [0.5, 0.6) is 5.75 Å². The van der Waals surface area contributed by atoms with Gasteiger partial charge >= 0.3 is 5.97 Å². The maximum absolute atomic E-state index is 13.6. The Morgan fingerprint density at radius 1 is 1.03 bits per heavy atom. The summed E-state index contributed by atoms with van der Waals surface area (Å²) in [6, 6.07) is 22.3. The number of aryl methyl sites for hydroxylation is 1. The third kappa shape index (κ3) is 4.80. The van der Waals surface area contributed by atoms with Crippen molar-refractivity contribution in [2.75, 3.05) is 7.11 Å². The highest BCUT2D eigenvalue weighted by Crippen LogP contribution is 2.38. The number of nitrogens with one attached hydrogen (secondary N) is 1. The molecule has 0 spiro atoms. The van der Waals surface area contributed by atoms with Gasteiger partial charge in [-0.3, -0.25) is 14.4 Å². The minimum absolute atomic E-state index is 0.203. The molecule has 0 fully saturated rings. The monoisotopic (exact) mass is 509 g/mol. The molecule has 1 aromatic heterocycles. The van der Waals surface area contributed by atoms with Crippen molar-refractivity contribution in [1.82, 2.24) is 9.99 Å². The van der Waals surface area contributed by atoms with Crippen LogP contribution in [0.1, 0.15) is 42.0 Å². The zero-order valence-electron chi connectivity index (χ0n) is 21.1. The standard InChI is InChI=1S/C30H27N3O5/c1-18-11-12-23-22(15-18)28(19-7-4-3-5-8-19)29(30(37)31-23)24-17-25(20-9-6-10-21(16-20)38-2)33(32-24)26(34)13-14-27(35)36/h3-12,15-16,25H,13-14,17H2,1-2H3,(H,31,37)(H,35,36)/t25-/m1/s1. The fourth-order valence-electron chi connectivity index (χ4n) is 4.92. The first-order chi connectivity index (χ1) is 18.4. The fraction of sp³-hybridized carbons (Fsp3) is 0.200. The number of hydrogen-bond donors (Lipinski definition) is 2. The van der Waals surface area contributed by atoms with Crippen molar-refractivity contribution in [1.29, 1.82) is 0 Å². The number of nitrogens with zero attached hydrogens (tertiary/aromatic N) is 2. The second-order valence-corrected chi connectivity index (χ2v) is 9.29. The van der Waals surface area contributed by atoms with Crippen LogP contribution in [0.2, 0.25) is 0 Å². The molecule has 8 heteroatoms. The molecule has 0 saturated heterocycles. The molecule has 2 N–H and O–H groups in total. The number of carbonyl (C=O) groups excluding carboxylic acids is 1. The van der Waals surface area contributed by atoms with Crippen LogP contribution in [-0.4, -0.2) is 39.8 Å². The van der Waals surface area contributed by atoms with Crippen molar-refractivity contribution >= 4 is 28.5 Å². The van der Waals surface area contributed by atoms with Crippen LogP contribution in [0, 0.1) is 6.92 Å². The van der Waals surface area contributed by atoms with Gasteiger partial charge in [0.15, 0.2) is 0 Å². The molecule has 192 valence electrons. The summed E-state index contributed by atoms with van der Waals surface area (Å²) in [5.41, 5.74) is 4.70. The molecule has 8 nitrogen and oxygen atoms in total. The Morgan fingerprint density at radius 3 is 2.55 bits per heavy atom. The van der Waals surface area contributed by atoms with Gasteiger partial charge < -0.3 is 14.8 Å². The smallest absolute Gasteiger partial charge is 0.303 e. The number of hydrazone groups is 1. The molecule has 0 unspecified atom stereocenters. The van der Waals surface area contributed by atoms with Crippen molar-refractivity contribution < 1.29 is 19.4 Å². The molecule has 1 atom stereocenters. The number of ether oxygens (including phenoxy) is 1. The zero-order valence-corrected chi connectivity index (χ0v) is 21.1. The van der Waals surface area contributed by atoms with E-state index in [4.69, 9.17) is 9.84 Å². The Hall–Kier alpha value is -4.72. The third-order valence-electron chi connectivity index (χ3n) is 6.72. The zero-order chi connectivity index (χ0) is 26.8. The lowest BCUT2D eigenvalue weighted by Crippen LogP contribution is -2.27. The van der Waals surface area contributed by atoms with Gasteiger partial charge in [0.2, 0.25) is 5.91 Å². The van der Waals surface area contributed by atoms with Crippen LogP contribution in [0.25, 0.3) is 22.0 Å². The average Bonchev–Trinajstić information content (AvgIpc) is 3.37. The van der Waals surface area contributed by atoms with Gasteiger partial charge in [0.05, 0.1) is 30.8 Å². The largest absolute Gasteiger partial charge is 0.497 e. The summed E-state index contributed by atoms with van der Waals surface area (Å²) in [4.78, 5) is 41.0. The van der Waals surface area contributed by atoms with Crippen molar-refractivity contribution in [2.24, 2.45) is 5.10 Å². The van der Waals surface area contributed by atoms with E-state index in [9.17, 15) is 14.4 Å². The molecule has 1 aliphatic heterocycles. The Kier molecular flexibility index (Phi) is 6.79. The summed E-state index contributed by atoms with van der Waals surface area (Å²) in [7, 11) is 1.56. The van der Waals surface area contributed by atoms with Crippen LogP contribution in [-0.2, 0) is 9.59 Å². The van der Waals surface area contributed by atoms with E-state index < -0.39 is 17.9 Å². The first-order valence-electron chi connectivity index (χ1n) is 12.3. The maximum Gasteiger partial charge on any atom is 0.303 e. The van der Waals surface area contributed by atoms with Crippen molar-refractivity contribution in [2.45, 2.75) is 32.2 Å². The Bertz CT molecular complexity index is 1620. The summed E-state index contributed by atoms with van der Waals surface area (Å²) in [6.45, 7) is 1.99. The van der Waals surface area contributed by atoms with E-state index in [1.807, 2.05) is 73.7 Å². The fourth-order valence-corrected chi connectivity index (χ4v) is 4.92. The number of H-pyrrole nitrogens is 1. The van der Waals surface area contributed by atoms with Gasteiger partial charge in [0, 0.05) is 29.3 Å². The van der Waals surface area contributed by atoms with E-state index >= 15 is 0 Å². The molecule has 2 heterocycles. The van der Waals surface area contributed by atoms with Crippen LogP contribution in [0.3, 0.4) is 0 Å². The molecular formula is C30H27N3O5. The van der Waals surface area contributed by atoms with E-state index in [0.29, 0.717) is 22.5 Å². The van der Waals surface area contributed by atoms with Crippen molar-refractivity contribution in [3.05, 3.63) is 99.8 Å². The number of carboxylic acid groups (broad SMARTS) is 1. The number of benzene rings is 3. The quantitative estimate of drug-likeness (QED) is 0.362. The lowest BCUT2D eigenvalue weighted by atomic mass is 9.90. The number of hydrogen-bond acceptors (Lipinski definition) is 5. The summed E-state index contributed by atoms with van der Waals surface area (Å²) < 4.78 is 5.38. The number of amides is 1. The average molecular weight is 510 g/mol. The van der Waals surface area contributed by atoms with Gasteiger partial charge in [0.1, 0.15) is 5.75 Å². The molecule has 4 aromatic rings. The first kappa shape index (κ1) is 25.0. The highest BCUT2D eigenvalue weighted by Gasteiger charge is 2.35. The molecule has 0 aliphatic carbocycles. The second-order valence-electron chi connectivity index (χ2n) is 9.29. The van der Waals surface area contributed by atoms with Gasteiger partial charge in [-0.1, -0.05) is 54.1 Å². The first-order valence-corrected chi connectivity index (χ1v) is 12.3. The number of pyridine rings is 1. The molecular weight excluding hydrogens is 482 g/mol. The lowest BCUT2D eigenvalue weighted by Gasteiger charge is -2.22. The van der Waals surface area contributed by atoms with Crippen molar-refractivity contribution in [3.63, 3.8) is 0 Å². The van der Waals surface area contributed by atoms with E-state index in [2.05, 4.69) is 10.1 Å². The number of fused-ring (bicyclic) bond motifs is 1. The lowest BCUT2D eigenvalue weighted by molar-refractivity contribution is -0.141. The Balaban J connectivity index is 1.70. The summed E-state index contributed by atoms with van der Waals surface area (Å²) in [5, 5.41) is 16.0. The highest BCUT2D eigenvalue weighted by atomic mass is 16.5. The summed E-state index contributed by atoms with van der Waals surface area (Å²) in [5.74, 6) is -0.866. The van der Waals surface area contributed by atoms with E-state index in [0.717, 1.165) is 27.6 Å². The second kappa shape index (κ2) is 10.3. The molecule has 3 aromatic carbocycles. The number of carboxylic acids is 1. The molecule has 38 heavy (non-hydrogen) atoms. The maximum atomic E-state index is 13.6. The predicted octanol–water partition coefficient (Wildman–Crippen LogP) is 5.05. The van der Waals surface area contributed by atoms with Gasteiger partial charge in [-0.2, -0.15) is 5.10 Å². The van der Waals surface area contributed by atoms with E-state index in [1.165, 1.54) is 5.01 Å². The third-order valence-corrected chi connectivity index (χ3v) is 6.72. The van der Waals surface area contributed by atoms with E-state index in [-0.39, 0.29) is 24.8 Å². The Labute approximate surface area is 219 Å². The molecule has 0 saturated carbocycles. The number of aliphatic carboxylic acids is 1. The van der Waals surface area contributed by atoms with E-state index in [1.54, 1.807) is 13.2 Å². The van der Waals surface area contributed by atoms with Gasteiger partial charge in [0.25, 0.3) is 5.56 Å². The minimum atomic E-state index is -1.06. The number of aromatic nitrogens is 1. The summed E-state index contributed by atoms with van der Waals surface area (Å²) in [6.07, 6.45) is -0.228. The predicted molar refractivity (Wildman–Crippen MR) is 145 cm³/mol. The molecule has 1 amide bonds. The number of aromatic amines is 1. The molecule has 5 rings (SSSR count). The van der Waals surface area contributed by atoms with Gasteiger partial charge in [-0.15, -0.1) is 0 Å². The highest BCUT2D eigenvalue weighted by molar-refractivity contribution is 6.13. The topological polar surface area (TPSA) is 112 Å². The SMILES string of the molecule is COc1cccc([C@H]2CC(c3c(-c4ccccc4)c4cc(C)ccc4[nH]c3=O)=NN2C(=O)CCC(=O)O)c1. The molecule has 0 bridgehead atoms. The number of carbonyl (C=O) groups is 2. The molecule has 1 aliphatic rings. The van der Waals surface area contributed by atoms with Crippen molar-refractivity contribution in [3.8, 4) is 16.9 Å². The number of methoxy groups -OCH3 is 1. The molecule has 0 radical (unpaired) electrons.